The molecule has 3 aromatic carbocycles. The van der Waals surface area contributed by atoms with Crippen molar-refractivity contribution in [2.45, 2.75) is 13.8 Å². The molecule has 1 heterocycles. The lowest BCUT2D eigenvalue weighted by molar-refractivity contribution is 0.102. The summed E-state index contributed by atoms with van der Waals surface area (Å²) in [7, 11) is 0. The van der Waals surface area contributed by atoms with Crippen molar-refractivity contribution in [1.82, 2.24) is 5.16 Å². The lowest BCUT2D eigenvalue weighted by atomic mass is 10.1. The van der Waals surface area contributed by atoms with Gasteiger partial charge in [0, 0.05) is 11.3 Å². The van der Waals surface area contributed by atoms with E-state index in [0.29, 0.717) is 34.0 Å². The molecule has 0 spiro atoms. The summed E-state index contributed by atoms with van der Waals surface area (Å²) in [5.41, 5.74) is 4.04. The third kappa shape index (κ3) is 4.38. The fraction of sp³-hybridized carbons (Fsp3) is 0.0800. The highest BCUT2D eigenvalue weighted by Gasteiger charge is 2.23. The topological polar surface area (TPSA) is 84.2 Å². The lowest BCUT2D eigenvalue weighted by Crippen LogP contribution is -2.19. The zero-order valence-corrected chi connectivity index (χ0v) is 17.2. The van der Waals surface area contributed by atoms with Gasteiger partial charge in [-0.05, 0) is 43.7 Å². The van der Waals surface area contributed by atoms with E-state index < -0.39 is 5.91 Å². The molecule has 6 heteroatoms. The first-order valence-electron chi connectivity index (χ1n) is 9.83. The van der Waals surface area contributed by atoms with Gasteiger partial charge in [0.25, 0.3) is 11.8 Å². The van der Waals surface area contributed by atoms with Crippen LogP contribution < -0.4 is 10.6 Å². The van der Waals surface area contributed by atoms with Crippen molar-refractivity contribution in [1.29, 1.82) is 0 Å². The van der Waals surface area contributed by atoms with Gasteiger partial charge in [0.2, 0.25) is 0 Å². The second-order valence-electron chi connectivity index (χ2n) is 7.15. The van der Waals surface area contributed by atoms with Crippen LogP contribution in [0.3, 0.4) is 0 Å². The Hall–Kier alpha value is -4.19. The third-order valence-corrected chi connectivity index (χ3v) is 4.83. The number of amides is 2. The highest BCUT2D eigenvalue weighted by molar-refractivity contribution is 6.14. The Morgan fingerprint density at radius 1 is 0.806 bits per heavy atom. The maximum absolute atomic E-state index is 13.1. The molecule has 6 nitrogen and oxygen atoms in total. The largest absolute Gasteiger partial charge is 0.360 e. The van der Waals surface area contributed by atoms with Crippen LogP contribution in [0.15, 0.2) is 83.4 Å². The third-order valence-electron chi connectivity index (χ3n) is 4.83. The van der Waals surface area contributed by atoms with Crippen LogP contribution in [0.1, 0.15) is 32.0 Å². The van der Waals surface area contributed by atoms with E-state index in [1.807, 2.05) is 61.5 Å². The molecular weight excluding hydrogens is 390 g/mol. The van der Waals surface area contributed by atoms with E-state index in [9.17, 15) is 9.59 Å². The fourth-order valence-corrected chi connectivity index (χ4v) is 3.33. The van der Waals surface area contributed by atoms with E-state index >= 15 is 0 Å². The molecule has 0 aliphatic carbocycles. The number of anilines is 2. The van der Waals surface area contributed by atoms with Crippen LogP contribution >= 0.6 is 0 Å². The summed E-state index contributed by atoms with van der Waals surface area (Å²) in [6.07, 6.45) is 0. The monoisotopic (exact) mass is 411 g/mol. The van der Waals surface area contributed by atoms with Gasteiger partial charge in [0.05, 0.1) is 11.3 Å². The minimum atomic E-state index is -0.395. The zero-order chi connectivity index (χ0) is 21.8. The number of benzene rings is 3. The van der Waals surface area contributed by atoms with Gasteiger partial charge in [-0.3, -0.25) is 9.59 Å². The van der Waals surface area contributed by atoms with Crippen molar-refractivity contribution in [2.24, 2.45) is 0 Å². The van der Waals surface area contributed by atoms with Crippen LogP contribution in [0, 0.1) is 13.8 Å². The Kier molecular flexibility index (Phi) is 5.62. The van der Waals surface area contributed by atoms with Gasteiger partial charge in [0.15, 0.2) is 0 Å². The van der Waals surface area contributed by atoms with Crippen molar-refractivity contribution in [2.75, 3.05) is 10.6 Å². The Morgan fingerprint density at radius 3 is 2.32 bits per heavy atom. The van der Waals surface area contributed by atoms with Gasteiger partial charge in [-0.1, -0.05) is 59.8 Å². The number of rotatable bonds is 5. The Morgan fingerprint density at radius 2 is 1.55 bits per heavy atom. The average molecular weight is 411 g/mol. The predicted octanol–water partition coefficient (Wildman–Crippen LogP) is 5.46. The molecule has 0 aliphatic heterocycles. The van der Waals surface area contributed by atoms with Crippen molar-refractivity contribution < 1.29 is 14.1 Å². The molecule has 0 fully saturated rings. The van der Waals surface area contributed by atoms with Crippen LogP contribution in [0.2, 0.25) is 0 Å². The Balaban J connectivity index is 1.61. The molecule has 0 radical (unpaired) electrons. The molecule has 154 valence electrons. The van der Waals surface area contributed by atoms with E-state index in [2.05, 4.69) is 15.8 Å². The molecule has 4 rings (SSSR count). The number of hydrogen-bond donors (Lipinski definition) is 2. The molecule has 0 saturated heterocycles. The summed E-state index contributed by atoms with van der Waals surface area (Å²) in [5, 5.41) is 9.77. The molecule has 4 aromatic rings. The highest BCUT2D eigenvalue weighted by Crippen LogP contribution is 2.27. The summed E-state index contributed by atoms with van der Waals surface area (Å²) in [4.78, 5) is 26.0. The Labute approximate surface area is 179 Å². The predicted molar refractivity (Wildman–Crippen MR) is 120 cm³/mol. The van der Waals surface area contributed by atoms with Gasteiger partial charge < -0.3 is 15.2 Å². The molecule has 2 N–H and O–H groups in total. The minimum Gasteiger partial charge on any atom is -0.360 e. The van der Waals surface area contributed by atoms with Gasteiger partial charge in [-0.25, -0.2) is 0 Å². The smallest absolute Gasteiger partial charge is 0.261 e. The molecule has 31 heavy (non-hydrogen) atoms. The van der Waals surface area contributed by atoms with Crippen molar-refractivity contribution in [3.05, 3.63) is 101 Å². The molecule has 1 aromatic heterocycles. The summed E-state index contributed by atoms with van der Waals surface area (Å²) >= 11 is 0. The summed E-state index contributed by atoms with van der Waals surface area (Å²) in [6, 6.07) is 23.7. The first-order chi connectivity index (χ1) is 15.0. The molecule has 0 unspecified atom stereocenters. The van der Waals surface area contributed by atoms with Crippen LogP contribution in [0.5, 0.6) is 0 Å². The number of hydrogen-bond acceptors (Lipinski definition) is 4. The molecule has 2 amide bonds. The van der Waals surface area contributed by atoms with Crippen LogP contribution in [0.25, 0.3) is 11.3 Å². The number of aryl methyl sites for hydroxylation is 2. The number of aromatic nitrogens is 1. The van der Waals surface area contributed by atoms with Gasteiger partial charge in [-0.2, -0.15) is 0 Å². The quantitative estimate of drug-likeness (QED) is 0.456. The molecule has 0 atom stereocenters. The maximum atomic E-state index is 13.1. The van der Waals surface area contributed by atoms with Crippen LogP contribution in [0.4, 0.5) is 11.4 Å². The standard InChI is InChI=1S/C25H21N3O3/c1-16-9-8-12-19(15-16)26-24(29)20-13-6-7-14-21(20)27-25(30)22-17(2)31-28-23(22)18-10-4-3-5-11-18/h3-15H,1-2H3,(H,26,29)(H,27,30). The second kappa shape index (κ2) is 8.67. The van der Waals surface area contributed by atoms with Crippen molar-refractivity contribution in [3.8, 4) is 11.3 Å². The van der Waals surface area contributed by atoms with E-state index in [1.54, 1.807) is 31.2 Å². The number of carbonyl (C=O) groups is 2. The fourth-order valence-electron chi connectivity index (χ4n) is 3.33. The first kappa shape index (κ1) is 20.1. The van der Waals surface area contributed by atoms with Crippen molar-refractivity contribution >= 4 is 23.2 Å². The summed E-state index contributed by atoms with van der Waals surface area (Å²) < 4.78 is 5.29. The minimum absolute atomic E-state index is 0.313. The highest BCUT2D eigenvalue weighted by atomic mass is 16.5. The van der Waals surface area contributed by atoms with Gasteiger partial charge >= 0.3 is 0 Å². The van der Waals surface area contributed by atoms with Gasteiger partial charge in [0.1, 0.15) is 17.0 Å². The van der Waals surface area contributed by atoms with Crippen LogP contribution in [-0.4, -0.2) is 17.0 Å². The van der Waals surface area contributed by atoms with Crippen LogP contribution in [-0.2, 0) is 0 Å². The number of nitrogens with one attached hydrogen (secondary N) is 2. The number of nitrogens with zero attached hydrogens (tertiary/aromatic N) is 1. The first-order valence-corrected chi connectivity index (χ1v) is 9.83. The molecule has 0 saturated carbocycles. The van der Waals surface area contributed by atoms with E-state index in [0.717, 1.165) is 11.1 Å². The number of carbonyl (C=O) groups excluding carboxylic acids is 2. The average Bonchev–Trinajstić information content (AvgIpc) is 3.16. The van der Waals surface area contributed by atoms with Gasteiger partial charge in [-0.15, -0.1) is 0 Å². The SMILES string of the molecule is Cc1cccc(NC(=O)c2ccccc2NC(=O)c2c(-c3ccccc3)noc2C)c1. The molecule has 0 bridgehead atoms. The zero-order valence-electron chi connectivity index (χ0n) is 17.2. The second-order valence-corrected chi connectivity index (χ2v) is 7.15. The normalized spacial score (nSPS) is 10.5. The molecular formula is C25H21N3O3. The van der Waals surface area contributed by atoms with Crippen molar-refractivity contribution in [3.63, 3.8) is 0 Å². The summed E-state index contributed by atoms with van der Waals surface area (Å²) in [5.74, 6) is -0.307. The maximum Gasteiger partial charge on any atom is 0.261 e. The summed E-state index contributed by atoms with van der Waals surface area (Å²) in [6.45, 7) is 3.64. The molecule has 0 aliphatic rings. The lowest BCUT2D eigenvalue weighted by Gasteiger charge is -2.12. The van der Waals surface area contributed by atoms with E-state index in [4.69, 9.17) is 4.52 Å². The Bertz CT molecular complexity index is 1250. The number of para-hydroxylation sites is 1. The van der Waals surface area contributed by atoms with E-state index in [-0.39, 0.29) is 5.91 Å². The van der Waals surface area contributed by atoms with E-state index in [1.165, 1.54) is 0 Å².